The number of allylic oxidation sites excluding steroid dienone is 1. The van der Waals surface area contributed by atoms with Crippen LogP contribution in [0.1, 0.15) is 84.0 Å². The van der Waals surface area contributed by atoms with Gasteiger partial charge in [-0.1, -0.05) is 76.3 Å². The Kier molecular flexibility index (Phi) is 12.0. The van der Waals surface area contributed by atoms with Crippen molar-refractivity contribution in [1.82, 2.24) is 0 Å². The van der Waals surface area contributed by atoms with E-state index in [0.29, 0.717) is 11.6 Å². The molecule has 3 nitrogen and oxygen atoms in total. The first-order valence-electron chi connectivity index (χ1n) is 9.64. The summed E-state index contributed by atoms with van der Waals surface area (Å²) >= 11 is 0. The average molecular weight is 417 g/mol. The summed E-state index contributed by atoms with van der Waals surface area (Å²) in [5, 5.41) is 0.501. The first kappa shape index (κ1) is 25.7. The molecule has 0 unspecified atom stereocenters. The van der Waals surface area contributed by atoms with Crippen molar-refractivity contribution in [1.29, 1.82) is 0 Å². The van der Waals surface area contributed by atoms with Gasteiger partial charge >= 0.3 is 15.6 Å². The molecule has 0 bridgehead atoms. The fourth-order valence-corrected chi connectivity index (χ4v) is 6.51. The minimum Gasteiger partial charge on any atom is -0.303 e. The van der Waals surface area contributed by atoms with Crippen LogP contribution in [0.5, 0.6) is 0 Å². The Morgan fingerprint density at radius 1 is 0.885 bits per heavy atom. The van der Waals surface area contributed by atoms with Crippen LogP contribution in [-0.2, 0) is 14.0 Å². The fraction of sp³-hybridized carbons (Fsp3) is 0.889. The summed E-state index contributed by atoms with van der Waals surface area (Å²) < 4.78 is 64.2. The zero-order valence-electron chi connectivity index (χ0n) is 16.5. The molecule has 0 aromatic carbocycles. The van der Waals surface area contributed by atoms with Crippen LogP contribution in [0.15, 0.2) is 11.8 Å². The maximum absolute atomic E-state index is 12.4. The molecule has 0 saturated carbocycles. The maximum atomic E-state index is 12.4. The number of hydrogen-bond donors (Lipinski definition) is 0. The Labute approximate surface area is 158 Å². The van der Waals surface area contributed by atoms with Crippen LogP contribution >= 0.6 is 0 Å². The van der Waals surface area contributed by atoms with E-state index in [1.54, 1.807) is 0 Å². The largest absolute Gasteiger partial charge is 0.522 e. The molecule has 0 atom stereocenters. The highest BCUT2D eigenvalue weighted by molar-refractivity contribution is 7.88. The second kappa shape index (κ2) is 12.2. The molecule has 0 spiro atoms. The van der Waals surface area contributed by atoms with Crippen LogP contribution in [0.4, 0.5) is 13.2 Å². The molecule has 0 aliphatic carbocycles. The van der Waals surface area contributed by atoms with Gasteiger partial charge in [-0.3, -0.25) is 0 Å². The molecular formula is C18H35F3O3SSi. The Morgan fingerprint density at radius 3 is 1.65 bits per heavy atom. The highest BCUT2D eigenvalue weighted by Gasteiger charge is 2.50. The molecule has 0 aliphatic rings. The number of hydrogen-bond acceptors (Lipinski definition) is 3. The SMILES string of the molecule is C=C(CCCCCCCCCCCCC)[Si](C)(C)OS(=O)(=O)C(F)(F)F. The summed E-state index contributed by atoms with van der Waals surface area (Å²) in [4.78, 5) is 0. The molecule has 0 rings (SSSR count). The molecule has 156 valence electrons. The highest BCUT2D eigenvalue weighted by Crippen LogP contribution is 2.31. The minimum absolute atomic E-state index is 0.501. The van der Waals surface area contributed by atoms with Gasteiger partial charge < -0.3 is 3.87 Å². The van der Waals surface area contributed by atoms with Crippen LogP contribution in [0, 0.1) is 0 Å². The van der Waals surface area contributed by atoms with Crippen molar-refractivity contribution in [3.63, 3.8) is 0 Å². The van der Waals surface area contributed by atoms with Gasteiger partial charge in [0.05, 0.1) is 0 Å². The predicted octanol–water partition coefficient (Wildman–Crippen LogP) is 6.85. The van der Waals surface area contributed by atoms with Crippen molar-refractivity contribution in [2.24, 2.45) is 0 Å². The van der Waals surface area contributed by atoms with Gasteiger partial charge in [0.25, 0.3) is 0 Å². The van der Waals surface area contributed by atoms with Gasteiger partial charge in [0.1, 0.15) is 0 Å². The van der Waals surface area contributed by atoms with Crippen molar-refractivity contribution in [3.8, 4) is 0 Å². The lowest BCUT2D eigenvalue weighted by atomic mass is 10.1. The molecule has 0 N–H and O–H groups in total. The lowest BCUT2D eigenvalue weighted by Crippen LogP contribution is -2.40. The summed E-state index contributed by atoms with van der Waals surface area (Å²) in [6.07, 6.45) is 13.6. The summed E-state index contributed by atoms with van der Waals surface area (Å²) in [5.74, 6) is 0. The fourth-order valence-electron chi connectivity index (χ4n) is 2.68. The van der Waals surface area contributed by atoms with Crippen LogP contribution < -0.4 is 0 Å². The van der Waals surface area contributed by atoms with E-state index < -0.39 is 23.9 Å². The minimum atomic E-state index is -5.55. The van der Waals surface area contributed by atoms with Crippen LogP contribution in [0.3, 0.4) is 0 Å². The van der Waals surface area contributed by atoms with E-state index in [4.69, 9.17) is 0 Å². The van der Waals surface area contributed by atoms with E-state index in [1.165, 1.54) is 64.5 Å². The van der Waals surface area contributed by atoms with Crippen molar-refractivity contribution in [2.45, 2.75) is 103 Å². The summed E-state index contributed by atoms with van der Waals surface area (Å²) in [6, 6.07) is 0. The monoisotopic (exact) mass is 416 g/mol. The smallest absolute Gasteiger partial charge is 0.303 e. The quantitative estimate of drug-likeness (QED) is 0.166. The Morgan fingerprint density at radius 2 is 1.27 bits per heavy atom. The number of rotatable bonds is 15. The van der Waals surface area contributed by atoms with Crippen molar-refractivity contribution in [3.05, 3.63) is 11.8 Å². The van der Waals surface area contributed by atoms with Crippen LogP contribution in [0.25, 0.3) is 0 Å². The number of alkyl halides is 3. The van der Waals surface area contributed by atoms with E-state index in [9.17, 15) is 21.6 Å². The molecule has 0 heterocycles. The normalized spacial score (nSPS) is 13.2. The van der Waals surface area contributed by atoms with Crippen molar-refractivity contribution < 1.29 is 25.5 Å². The summed E-state index contributed by atoms with van der Waals surface area (Å²) in [6.45, 7) is 8.87. The molecule has 26 heavy (non-hydrogen) atoms. The van der Waals surface area contributed by atoms with Crippen molar-refractivity contribution >= 4 is 18.4 Å². The van der Waals surface area contributed by atoms with Gasteiger partial charge in [0.2, 0.25) is 8.32 Å². The van der Waals surface area contributed by atoms with E-state index in [2.05, 4.69) is 17.4 Å². The molecule has 8 heteroatoms. The van der Waals surface area contributed by atoms with E-state index in [-0.39, 0.29) is 0 Å². The van der Waals surface area contributed by atoms with E-state index in [0.717, 1.165) is 19.3 Å². The lowest BCUT2D eigenvalue weighted by Gasteiger charge is -2.25. The third-order valence-electron chi connectivity index (χ3n) is 4.54. The third kappa shape index (κ3) is 10.7. The van der Waals surface area contributed by atoms with Gasteiger partial charge in [-0.15, -0.1) is 6.58 Å². The average Bonchev–Trinajstić information content (AvgIpc) is 2.50. The highest BCUT2D eigenvalue weighted by atomic mass is 32.2. The standard InChI is InChI=1S/C18H35F3O3SSi/c1-5-6-7-8-9-10-11-12-13-14-15-16-17(2)26(3,4)24-25(22,23)18(19,20)21/h2,5-16H2,1,3-4H3. The zero-order valence-corrected chi connectivity index (χ0v) is 18.3. The van der Waals surface area contributed by atoms with Crippen LogP contribution in [0.2, 0.25) is 13.1 Å². The second-order valence-corrected chi connectivity index (χ2v) is 13.1. The summed E-state index contributed by atoms with van der Waals surface area (Å²) in [7, 11) is -8.71. The van der Waals surface area contributed by atoms with Gasteiger partial charge in [-0.25, -0.2) is 0 Å². The Hall–Kier alpha value is -0.343. The topological polar surface area (TPSA) is 43.4 Å². The molecule has 0 saturated heterocycles. The second-order valence-electron chi connectivity index (χ2n) is 7.38. The Bertz CT molecular complexity index is 502. The molecule has 0 aromatic heterocycles. The molecular weight excluding hydrogens is 381 g/mol. The van der Waals surface area contributed by atoms with E-state index in [1.807, 2.05) is 0 Å². The number of halogens is 3. The Balaban J connectivity index is 3.91. The van der Waals surface area contributed by atoms with Crippen LogP contribution in [-0.4, -0.2) is 22.2 Å². The molecule has 0 aliphatic heterocycles. The van der Waals surface area contributed by atoms with E-state index >= 15 is 0 Å². The van der Waals surface area contributed by atoms with Gasteiger partial charge in [0.15, 0.2) is 0 Å². The lowest BCUT2D eigenvalue weighted by molar-refractivity contribution is -0.0503. The zero-order chi connectivity index (χ0) is 20.3. The van der Waals surface area contributed by atoms with Gasteiger partial charge in [-0.2, -0.15) is 21.6 Å². The molecule has 0 fully saturated rings. The maximum Gasteiger partial charge on any atom is 0.522 e. The molecule has 0 aromatic rings. The predicted molar refractivity (Wildman–Crippen MR) is 104 cm³/mol. The summed E-state index contributed by atoms with van der Waals surface area (Å²) in [5.41, 5.74) is -5.38. The number of unbranched alkanes of at least 4 members (excludes halogenated alkanes) is 10. The van der Waals surface area contributed by atoms with Gasteiger partial charge in [-0.05, 0) is 25.9 Å². The van der Waals surface area contributed by atoms with Gasteiger partial charge in [0, 0.05) is 0 Å². The first-order valence-corrected chi connectivity index (χ1v) is 14.0. The first-order chi connectivity index (χ1) is 11.9. The third-order valence-corrected chi connectivity index (χ3v) is 9.60. The molecule has 0 radical (unpaired) electrons. The molecule has 0 amide bonds. The van der Waals surface area contributed by atoms with Crippen molar-refractivity contribution in [2.75, 3.05) is 0 Å².